The lowest BCUT2D eigenvalue weighted by molar-refractivity contribution is -0.145. The molecule has 1 atom stereocenters. The number of rotatable bonds is 7. The molecule has 0 spiro atoms. The second-order valence-corrected chi connectivity index (χ2v) is 6.35. The summed E-state index contributed by atoms with van der Waals surface area (Å²) < 4.78 is 0. The highest BCUT2D eigenvalue weighted by Crippen LogP contribution is 2.14. The summed E-state index contributed by atoms with van der Waals surface area (Å²) in [5, 5.41) is 19.9. The molecule has 1 fully saturated rings. The van der Waals surface area contributed by atoms with Crippen molar-refractivity contribution >= 4 is 17.8 Å². The molecule has 0 bridgehead atoms. The van der Waals surface area contributed by atoms with Crippen LogP contribution in [0.5, 0.6) is 0 Å². The average molecular weight is 348 g/mol. The number of carboxylic acids is 2. The van der Waals surface area contributed by atoms with E-state index >= 15 is 0 Å². The Kier molecular flexibility index (Phi) is 6.94. The van der Waals surface area contributed by atoms with Crippen molar-refractivity contribution in [3.05, 3.63) is 35.4 Å². The van der Waals surface area contributed by atoms with Gasteiger partial charge in [-0.1, -0.05) is 25.0 Å². The fourth-order valence-electron chi connectivity index (χ4n) is 2.93. The highest BCUT2D eigenvalue weighted by molar-refractivity contribution is 5.97. The van der Waals surface area contributed by atoms with E-state index in [0.717, 1.165) is 25.2 Å². The minimum Gasteiger partial charge on any atom is -0.481 e. The zero-order valence-corrected chi connectivity index (χ0v) is 14.1. The molecule has 7 heteroatoms. The van der Waals surface area contributed by atoms with Crippen LogP contribution in [0.2, 0.25) is 0 Å². The predicted octanol–water partition coefficient (Wildman–Crippen LogP) is 1.72. The van der Waals surface area contributed by atoms with Crippen LogP contribution in [0.4, 0.5) is 0 Å². The molecule has 0 aromatic heterocycles. The first-order valence-corrected chi connectivity index (χ1v) is 8.52. The molecule has 3 N–H and O–H groups in total. The SMILES string of the molecule is O=C(O)C[C@@H](NC(=O)c1ccc(CN2CCCCCC2)cc1)C(=O)O. The van der Waals surface area contributed by atoms with E-state index in [1.165, 1.54) is 25.7 Å². The third-order valence-corrected chi connectivity index (χ3v) is 4.30. The molecule has 1 aliphatic heterocycles. The van der Waals surface area contributed by atoms with Gasteiger partial charge in [-0.15, -0.1) is 0 Å². The molecule has 1 amide bonds. The van der Waals surface area contributed by atoms with Crippen molar-refractivity contribution in [1.29, 1.82) is 0 Å². The molecule has 0 aliphatic carbocycles. The third kappa shape index (κ3) is 6.19. The van der Waals surface area contributed by atoms with Gasteiger partial charge >= 0.3 is 11.9 Å². The second-order valence-electron chi connectivity index (χ2n) is 6.35. The van der Waals surface area contributed by atoms with E-state index in [-0.39, 0.29) is 0 Å². The van der Waals surface area contributed by atoms with E-state index in [2.05, 4.69) is 10.2 Å². The van der Waals surface area contributed by atoms with Crippen LogP contribution >= 0.6 is 0 Å². The number of carbonyl (C=O) groups is 3. The molecule has 0 unspecified atom stereocenters. The maximum absolute atomic E-state index is 12.1. The van der Waals surface area contributed by atoms with Crippen LogP contribution in [0, 0.1) is 0 Å². The summed E-state index contributed by atoms with van der Waals surface area (Å²) in [7, 11) is 0. The first-order chi connectivity index (χ1) is 12.0. The summed E-state index contributed by atoms with van der Waals surface area (Å²) in [6, 6.07) is 5.55. The normalized spacial score (nSPS) is 16.6. The zero-order chi connectivity index (χ0) is 18.2. The molecule has 1 aromatic carbocycles. The smallest absolute Gasteiger partial charge is 0.326 e. The molecule has 0 saturated carbocycles. The maximum Gasteiger partial charge on any atom is 0.326 e. The van der Waals surface area contributed by atoms with Crippen molar-refractivity contribution in [2.45, 2.75) is 44.7 Å². The Bertz CT molecular complexity index is 606. The number of nitrogens with zero attached hydrogens (tertiary/aromatic N) is 1. The minimum atomic E-state index is -1.44. The van der Waals surface area contributed by atoms with Crippen molar-refractivity contribution in [2.24, 2.45) is 0 Å². The van der Waals surface area contributed by atoms with Crippen LogP contribution in [0.1, 0.15) is 48.0 Å². The molecule has 2 rings (SSSR count). The Morgan fingerprint density at radius 2 is 1.60 bits per heavy atom. The van der Waals surface area contributed by atoms with Gasteiger partial charge in [0, 0.05) is 12.1 Å². The summed E-state index contributed by atoms with van der Waals surface area (Å²) in [6.07, 6.45) is 4.31. The zero-order valence-electron chi connectivity index (χ0n) is 14.1. The monoisotopic (exact) mass is 348 g/mol. The summed E-state index contributed by atoms with van der Waals surface area (Å²) in [6.45, 7) is 2.99. The Hall–Kier alpha value is -2.41. The second kappa shape index (κ2) is 9.17. The molecular weight excluding hydrogens is 324 g/mol. The number of aliphatic carboxylic acids is 2. The first kappa shape index (κ1) is 18.9. The van der Waals surface area contributed by atoms with Gasteiger partial charge in [0.2, 0.25) is 0 Å². The molecular formula is C18H24N2O5. The van der Waals surface area contributed by atoms with Gasteiger partial charge < -0.3 is 15.5 Å². The molecule has 1 aliphatic rings. The number of hydrogen-bond acceptors (Lipinski definition) is 4. The third-order valence-electron chi connectivity index (χ3n) is 4.30. The Labute approximate surface area is 146 Å². The van der Waals surface area contributed by atoms with Gasteiger partial charge in [-0.3, -0.25) is 14.5 Å². The van der Waals surface area contributed by atoms with Gasteiger partial charge in [0.25, 0.3) is 5.91 Å². The molecule has 1 heterocycles. The molecule has 1 aromatic rings. The summed E-state index contributed by atoms with van der Waals surface area (Å²) in [5.41, 5.74) is 1.41. The van der Waals surface area contributed by atoms with Crippen molar-refractivity contribution in [3.63, 3.8) is 0 Å². The van der Waals surface area contributed by atoms with Crippen LogP contribution in [-0.4, -0.2) is 52.1 Å². The lowest BCUT2D eigenvalue weighted by Gasteiger charge is -2.19. The Morgan fingerprint density at radius 3 is 2.12 bits per heavy atom. The highest BCUT2D eigenvalue weighted by atomic mass is 16.4. The van der Waals surface area contributed by atoms with E-state index < -0.39 is 30.3 Å². The van der Waals surface area contributed by atoms with Crippen LogP contribution < -0.4 is 5.32 Å². The number of nitrogens with one attached hydrogen (secondary N) is 1. The van der Waals surface area contributed by atoms with Crippen molar-refractivity contribution < 1.29 is 24.6 Å². The molecule has 25 heavy (non-hydrogen) atoms. The lowest BCUT2D eigenvalue weighted by atomic mass is 10.1. The van der Waals surface area contributed by atoms with Gasteiger partial charge in [0.1, 0.15) is 6.04 Å². The highest BCUT2D eigenvalue weighted by Gasteiger charge is 2.23. The van der Waals surface area contributed by atoms with E-state index in [1.54, 1.807) is 12.1 Å². The maximum atomic E-state index is 12.1. The standard InChI is InChI=1S/C18H24N2O5/c21-16(22)11-15(18(24)25)19-17(23)14-7-5-13(6-8-14)12-20-9-3-1-2-4-10-20/h5-8,15H,1-4,9-12H2,(H,19,23)(H,21,22)(H,24,25)/t15-/m1/s1. The number of hydrogen-bond donors (Lipinski definition) is 3. The minimum absolute atomic E-state index is 0.316. The Morgan fingerprint density at radius 1 is 1.00 bits per heavy atom. The number of likely N-dealkylation sites (tertiary alicyclic amines) is 1. The fraction of sp³-hybridized carbons (Fsp3) is 0.500. The predicted molar refractivity (Wildman–Crippen MR) is 91.3 cm³/mol. The van der Waals surface area contributed by atoms with E-state index in [0.29, 0.717) is 5.56 Å². The van der Waals surface area contributed by atoms with Crippen LogP contribution in [0.15, 0.2) is 24.3 Å². The van der Waals surface area contributed by atoms with Crippen LogP contribution in [-0.2, 0) is 16.1 Å². The van der Waals surface area contributed by atoms with Crippen LogP contribution in [0.25, 0.3) is 0 Å². The largest absolute Gasteiger partial charge is 0.481 e. The molecule has 136 valence electrons. The van der Waals surface area contributed by atoms with Crippen molar-refractivity contribution in [3.8, 4) is 0 Å². The van der Waals surface area contributed by atoms with Gasteiger partial charge in [-0.05, 0) is 43.6 Å². The van der Waals surface area contributed by atoms with Crippen molar-refractivity contribution in [1.82, 2.24) is 10.2 Å². The lowest BCUT2D eigenvalue weighted by Crippen LogP contribution is -2.42. The van der Waals surface area contributed by atoms with E-state index in [1.807, 2.05) is 12.1 Å². The number of carboxylic acid groups (broad SMARTS) is 2. The van der Waals surface area contributed by atoms with Crippen LogP contribution in [0.3, 0.4) is 0 Å². The van der Waals surface area contributed by atoms with Gasteiger partial charge in [0.15, 0.2) is 0 Å². The molecule has 7 nitrogen and oxygen atoms in total. The number of amides is 1. The fourth-order valence-corrected chi connectivity index (χ4v) is 2.93. The van der Waals surface area contributed by atoms with Gasteiger partial charge in [-0.2, -0.15) is 0 Å². The first-order valence-electron chi connectivity index (χ1n) is 8.52. The Balaban J connectivity index is 1.94. The van der Waals surface area contributed by atoms with E-state index in [4.69, 9.17) is 10.2 Å². The molecule has 1 saturated heterocycles. The summed E-state index contributed by atoms with van der Waals surface area (Å²) in [5.74, 6) is -3.23. The number of carbonyl (C=O) groups excluding carboxylic acids is 1. The average Bonchev–Trinajstić information content (AvgIpc) is 2.83. The summed E-state index contributed by atoms with van der Waals surface area (Å²) >= 11 is 0. The van der Waals surface area contributed by atoms with Gasteiger partial charge in [-0.25, -0.2) is 4.79 Å². The van der Waals surface area contributed by atoms with E-state index in [9.17, 15) is 14.4 Å². The topological polar surface area (TPSA) is 107 Å². The van der Waals surface area contributed by atoms with Gasteiger partial charge in [0.05, 0.1) is 6.42 Å². The quantitative estimate of drug-likeness (QED) is 0.693. The summed E-state index contributed by atoms with van der Waals surface area (Å²) in [4.78, 5) is 36.2. The number of benzene rings is 1. The molecule has 0 radical (unpaired) electrons. The van der Waals surface area contributed by atoms with Crippen molar-refractivity contribution in [2.75, 3.05) is 13.1 Å².